The van der Waals surface area contributed by atoms with Crippen LogP contribution in [0.5, 0.6) is 0 Å². The summed E-state index contributed by atoms with van der Waals surface area (Å²) < 4.78 is 1.14. The fraction of sp³-hybridized carbons (Fsp3) is 0.588. The first-order valence-corrected chi connectivity index (χ1v) is 8.08. The van der Waals surface area contributed by atoms with Gasteiger partial charge < -0.3 is 5.11 Å². The highest BCUT2D eigenvalue weighted by Gasteiger charge is 2.65. The molecular weight excluding hydrogens is 316 g/mol. The maximum atomic E-state index is 11.0. The van der Waals surface area contributed by atoms with Crippen LogP contribution in [0.25, 0.3) is 0 Å². The molecule has 2 saturated carbocycles. The van der Waals surface area contributed by atoms with Crippen LogP contribution in [-0.4, -0.2) is 11.1 Å². The van der Waals surface area contributed by atoms with E-state index in [-0.39, 0.29) is 11.8 Å². The fourth-order valence-electron chi connectivity index (χ4n) is 4.23. The summed E-state index contributed by atoms with van der Waals surface area (Å²) in [5.41, 5.74) is 3.90. The van der Waals surface area contributed by atoms with Crippen LogP contribution < -0.4 is 0 Å². The SMILES string of the molecule is Cc1cc(Br)c(C2(C)CCC3CC32C)cc1CC(=O)O. The van der Waals surface area contributed by atoms with Crippen LogP contribution in [0.3, 0.4) is 0 Å². The molecule has 0 aliphatic heterocycles. The highest BCUT2D eigenvalue weighted by molar-refractivity contribution is 9.10. The predicted molar refractivity (Wildman–Crippen MR) is 83.0 cm³/mol. The van der Waals surface area contributed by atoms with Gasteiger partial charge in [0, 0.05) is 4.47 Å². The van der Waals surface area contributed by atoms with Crippen molar-refractivity contribution in [1.82, 2.24) is 0 Å². The van der Waals surface area contributed by atoms with Gasteiger partial charge in [0.05, 0.1) is 6.42 Å². The van der Waals surface area contributed by atoms with Gasteiger partial charge in [-0.2, -0.15) is 0 Å². The molecule has 108 valence electrons. The zero-order chi connectivity index (χ0) is 14.7. The average Bonchev–Trinajstić information content (AvgIpc) is 2.95. The Morgan fingerprint density at radius 3 is 2.65 bits per heavy atom. The minimum absolute atomic E-state index is 0.113. The molecule has 3 unspecified atom stereocenters. The summed E-state index contributed by atoms with van der Waals surface area (Å²) in [6.07, 6.45) is 3.95. The van der Waals surface area contributed by atoms with Gasteiger partial charge in [-0.05, 0) is 65.7 Å². The van der Waals surface area contributed by atoms with Crippen LogP contribution in [-0.2, 0) is 16.6 Å². The van der Waals surface area contributed by atoms with E-state index >= 15 is 0 Å². The molecule has 20 heavy (non-hydrogen) atoms. The normalized spacial score (nSPS) is 34.9. The van der Waals surface area contributed by atoms with Crippen LogP contribution in [0, 0.1) is 18.3 Å². The van der Waals surface area contributed by atoms with Crippen molar-refractivity contribution in [1.29, 1.82) is 0 Å². The van der Waals surface area contributed by atoms with Crippen molar-refractivity contribution in [2.24, 2.45) is 11.3 Å². The van der Waals surface area contributed by atoms with Crippen molar-refractivity contribution < 1.29 is 9.90 Å². The Balaban J connectivity index is 2.07. The highest BCUT2D eigenvalue weighted by atomic mass is 79.9. The highest BCUT2D eigenvalue weighted by Crippen LogP contribution is 2.72. The molecule has 2 fully saturated rings. The summed E-state index contributed by atoms with van der Waals surface area (Å²) in [6, 6.07) is 4.23. The molecule has 2 nitrogen and oxygen atoms in total. The summed E-state index contributed by atoms with van der Waals surface area (Å²) in [4.78, 5) is 11.0. The largest absolute Gasteiger partial charge is 0.481 e. The standard InChI is InChI=1S/C17H21BrO2/c1-10-6-14(18)13(7-11(10)8-15(19)20)16(2)5-4-12-9-17(12,16)3/h6-7,12H,4-5,8-9H2,1-3H3,(H,19,20). The van der Waals surface area contributed by atoms with E-state index in [1.165, 1.54) is 24.8 Å². The summed E-state index contributed by atoms with van der Waals surface area (Å²) in [7, 11) is 0. The maximum absolute atomic E-state index is 11.0. The van der Waals surface area contributed by atoms with Gasteiger partial charge in [-0.25, -0.2) is 0 Å². The number of carboxylic acid groups (broad SMARTS) is 1. The van der Waals surface area contributed by atoms with E-state index in [9.17, 15) is 4.79 Å². The quantitative estimate of drug-likeness (QED) is 0.884. The van der Waals surface area contributed by atoms with Gasteiger partial charge in [-0.3, -0.25) is 4.79 Å². The minimum atomic E-state index is -0.756. The van der Waals surface area contributed by atoms with E-state index in [4.69, 9.17) is 5.11 Å². The van der Waals surface area contributed by atoms with E-state index in [1.807, 2.05) is 6.92 Å². The lowest BCUT2D eigenvalue weighted by Crippen LogP contribution is -2.30. The number of halogens is 1. The van der Waals surface area contributed by atoms with Gasteiger partial charge in [0.25, 0.3) is 0 Å². The van der Waals surface area contributed by atoms with E-state index in [1.54, 1.807) is 0 Å². The monoisotopic (exact) mass is 336 g/mol. The third-order valence-corrected chi connectivity index (χ3v) is 6.68. The van der Waals surface area contributed by atoms with E-state index in [0.29, 0.717) is 5.41 Å². The Kier molecular flexibility index (Phi) is 3.06. The van der Waals surface area contributed by atoms with Crippen molar-refractivity contribution in [2.75, 3.05) is 0 Å². The molecular formula is C17H21BrO2. The molecule has 0 bridgehead atoms. The first-order valence-electron chi connectivity index (χ1n) is 7.29. The molecule has 1 aromatic carbocycles. The Labute approximate surface area is 128 Å². The van der Waals surface area contributed by atoms with Crippen molar-refractivity contribution in [3.8, 4) is 0 Å². The van der Waals surface area contributed by atoms with Crippen molar-refractivity contribution in [2.45, 2.75) is 51.9 Å². The van der Waals surface area contributed by atoms with Crippen LogP contribution in [0.15, 0.2) is 16.6 Å². The average molecular weight is 337 g/mol. The van der Waals surface area contributed by atoms with Gasteiger partial charge in [0.15, 0.2) is 0 Å². The Morgan fingerprint density at radius 2 is 2.15 bits per heavy atom. The summed E-state index contributed by atoms with van der Waals surface area (Å²) in [5, 5.41) is 9.08. The van der Waals surface area contributed by atoms with Gasteiger partial charge >= 0.3 is 5.97 Å². The summed E-state index contributed by atoms with van der Waals surface area (Å²) >= 11 is 3.72. The van der Waals surface area contributed by atoms with Crippen molar-refractivity contribution >= 4 is 21.9 Å². The van der Waals surface area contributed by atoms with Crippen molar-refractivity contribution in [3.63, 3.8) is 0 Å². The minimum Gasteiger partial charge on any atom is -0.481 e. The number of benzene rings is 1. The van der Waals surface area contributed by atoms with Crippen LogP contribution in [0.4, 0.5) is 0 Å². The van der Waals surface area contributed by atoms with Crippen LogP contribution >= 0.6 is 15.9 Å². The van der Waals surface area contributed by atoms with Gasteiger partial charge in [-0.1, -0.05) is 35.8 Å². The Hall–Kier alpha value is -0.830. The molecule has 1 N–H and O–H groups in total. The summed E-state index contributed by atoms with van der Waals surface area (Å²) in [6.45, 7) is 6.75. The molecule has 0 amide bonds. The number of hydrogen-bond donors (Lipinski definition) is 1. The lowest BCUT2D eigenvalue weighted by atomic mass is 9.70. The number of aliphatic carboxylic acids is 1. The molecule has 0 radical (unpaired) electrons. The first kappa shape index (κ1) is 14.1. The number of carbonyl (C=O) groups is 1. The Bertz CT molecular complexity index is 593. The molecule has 0 aromatic heterocycles. The number of hydrogen-bond acceptors (Lipinski definition) is 1. The zero-order valence-corrected chi connectivity index (χ0v) is 13.9. The van der Waals surface area contributed by atoms with Crippen LogP contribution in [0.2, 0.25) is 0 Å². The number of carboxylic acids is 1. The second-order valence-corrected chi connectivity index (χ2v) is 7.87. The third-order valence-electron chi connectivity index (χ3n) is 6.03. The van der Waals surface area contributed by atoms with E-state index in [2.05, 4.69) is 41.9 Å². The van der Waals surface area contributed by atoms with Crippen LogP contribution in [0.1, 0.15) is 49.8 Å². The number of fused-ring (bicyclic) bond motifs is 1. The van der Waals surface area contributed by atoms with E-state index in [0.717, 1.165) is 21.5 Å². The predicted octanol–water partition coefficient (Wildman–Crippen LogP) is 4.46. The van der Waals surface area contributed by atoms with Gasteiger partial charge in [-0.15, -0.1) is 0 Å². The molecule has 0 heterocycles. The fourth-order valence-corrected chi connectivity index (χ4v) is 5.13. The lowest BCUT2D eigenvalue weighted by Gasteiger charge is -2.35. The molecule has 0 saturated heterocycles. The third kappa shape index (κ3) is 1.86. The zero-order valence-electron chi connectivity index (χ0n) is 12.3. The maximum Gasteiger partial charge on any atom is 0.307 e. The van der Waals surface area contributed by atoms with E-state index < -0.39 is 5.97 Å². The second kappa shape index (κ2) is 4.33. The first-order chi connectivity index (χ1) is 9.28. The Morgan fingerprint density at radius 1 is 1.45 bits per heavy atom. The molecule has 0 spiro atoms. The van der Waals surface area contributed by atoms with Gasteiger partial charge in [0.1, 0.15) is 0 Å². The molecule has 3 rings (SSSR count). The number of rotatable bonds is 3. The second-order valence-electron chi connectivity index (χ2n) is 7.02. The lowest BCUT2D eigenvalue weighted by molar-refractivity contribution is -0.136. The van der Waals surface area contributed by atoms with Gasteiger partial charge in [0.2, 0.25) is 0 Å². The van der Waals surface area contributed by atoms with Crippen molar-refractivity contribution in [3.05, 3.63) is 33.3 Å². The molecule has 3 heteroatoms. The molecule has 2 aliphatic rings. The summed E-state index contributed by atoms with van der Waals surface area (Å²) in [5.74, 6) is 0.108. The molecule has 2 aliphatic carbocycles. The topological polar surface area (TPSA) is 37.3 Å². The smallest absolute Gasteiger partial charge is 0.307 e. The molecule has 1 aromatic rings. The number of aryl methyl sites for hydroxylation is 1. The molecule has 3 atom stereocenters.